The third kappa shape index (κ3) is 6.57. The molecule has 7 heteroatoms. The zero-order chi connectivity index (χ0) is 18.9. The Morgan fingerprint density at radius 1 is 1.08 bits per heavy atom. The van der Waals surface area contributed by atoms with Gasteiger partial charge in [-0.25, -0.2) is 0 Å². The molecular weight excluding hydrogens is 356 g/mol. The zero-order valence-corrected chi connectivity index (χ0v) is 15.0. The number of nitrogens with one attached hydrogen (secondary N) is 2. The Balaban J connectivity index is 1.66. The molecule has 0 aliphatic heterocycles. The maximum atomic E-state index is 11.9. The van der Waals surface area contributed by atoms with Crippen molar-refractivity contribution in [1.82, 2.24) is 5.32 Å². The van der Waals surface area contributed by atoms with Gasteiger partial charge in [-0.2, -0.15) is 0 Å². The molecular formula is C19H19ClN2O4. The summed E-state index contributed by atoms with van der Waals surface area (Å²) in [6.45, 7) is 1.64. The van der Waals surface area contributed by atoms with Crippen LogP contribution in [0.3, 0.4) is 0 Å². The van der Waals surface area contributed by atoms with Gasteiger partial charge in [-0.1, -0.05) is 23.7 Å². The molecule has 2 N–H and O–H groups in total. The first-order valence-corrected chi connectivity index (χ1v) is 8.38. The molecule has 2 amide bonds. The second kappa shape index (κ2) is 9.58. The zero-order valence-electron chi connectivity index (χ0n) is 14.3. The number of hydrogen-bond acceptors (Lipinski definition) is 4. The van der Waals surface area contributed by atoms with E-state index in [-0.39, 0.29) is 25.5 Å². The van der Waals surface area contributed by atoms with Crippen molar-refractivity contribution in [2.45, 2.75) is 13.3 Å². The maximum absolute atomic E-state index is 11.9. The van der Waals surface area contributed by atoms with E-state index in [9.17, 15) is 14.4 Å². The van der Waals surface area contributed by atoms with Gasteiger partial charge >= 0.3 is 5.97 Å². The van der Waals surface area contributed by atoms with E-state index >= 15 is 0 Å². The minimum absolute atomic E-state index is 0.0307. The van der Waals surface area contributed by atoms with Crippen LogP contribution in [0.4, 0.5) is 5.69 Å². The fourth-order valence-corrected chi connectivity index (χ4v) is 2.25. The molecule has 0 saturated heterocycles. The molecule has 0 unspecified atom stereocenters. The number of halogens is 1. The minimum Gasteiger partial charge on any atom is -0.456 e. The molecule has 0 heterocycles. The van der Waals surface area contributed by atoms with Gasteiger partial charge in [0.15, 0.2) is 6.61 Å². The van der Waals surface area contributed by atoms with E-state index in [0.717, 1.165) is 5.56 Å². The Bertz CT molecular complexity index is 790. The lowest BCUT2D eigenvalue weighted by Gasteiger charge is -2.08. The highest BCUT2D eigenvalue weighted by atomic mass is 35.5. The number of esters is 1. The third-order valence-corrected chi connectivity index (χ3v) is 3.64. The average Bonchev–Trinajstić information content (AvgIpc) is 2.60. The van der Waals surface area contributed by atoms with Crippen LogP contribution in [0.1, 0.15) is 22.3 Å². The van der Waals surface area contributed by atoms with E-state index in [1.807, 2.05) is 25.1 Å². The van der Waals surface area contributed by atoms with Crippen LogP contribution in [0.15, 0.2) is 48.5 Å². The van der Waals surface area contributed by atoms with Gasteiger partial charge in [0.1, 0.15) is 0 Å². The van der Waals surface area contributed by atoms with Crippen LogP contribution in [-0.2, 0) is 14.3 Å². The van der Waals surface area contributed by atoms with Crippen molar-refractivity contribution in [2.75, 3.05) is 18.5 Å². The molecule has 0 bridgehead atoms. The molecule has 136 valence electrons. The van der Waals surface area contributed by atoms with Crippen LogP contribution in [0.5, 0.6) is 0 Å². The van der Waals surface area contributed by atoms with Gasteiger partial charge in [0.05, 0.1) is 6.42 Å². The van der Waals surface area contributed by atoms with Gasteiger partial charge in [0.25, 0.3) is 11.8 Å². The van der Waals surface area contributed by atoms with Crippen LogP contribution in [0.2, 0.25) is 5.02 Å². The molecule has 0 aromatic heterocycles. The lowest BCUT2D eigenvalue weighted by molar-refractivity contribution is -0.147. The molecule has 6 nitrogen and oxygen atoms in total. The first kappa shape index (κ1) is 19.5. The van der Waals surface area contributed by atoms with E-state index in [4.69, 9.17) is 16.3 Å². The second-order valence-corrected chi connectivity index (χ2v) is 6.03. The molecule has 2 rings (SSSR count). The van der Waals surface area contributed by atoms with Crippen molar-refractivity contribution in [3.8, 4) is 0 Å². The molecule has 0 atom stereocenters. The lowest BCUT2D eigenvalue weighted by Crippen LogP contribution is -2.27. The molecule has 0 aliphatic rings. The summed E-state index contributed by atoms with van der Waals surface area (Å²) in [6.07, 6.45) is -0.0307. The van der Waals surface area contributed by atoms with Gasteiger partial charge < -0.3 is 15.4 Å². The predicted molar refractivity (Wildman–Crippen MR) is 99.2 cm³/mol. The van der Waals surface area contributed by atoms with Crippen LogP contribution >= 0.6 is 11.6 Å². The minimum atomic E-state index is -0.569. The van der Waals surface area contributed by atoms with Crippen LogP contribution in [-0.4, -0.2) is 30.9 Å². The second-order valence-electron chi connectivity index (χ2n) is 5.59. The maximum Gasteiger partial charge on any atom is 0.308 e. The fraction of sp³-hybridized carbons (Fsp3) is 0.211. The quantitative estimate of drug-likeness (QED) is 0.730. The number of hydrogen-bond donors (Lipinski definition) is 2. The van der Waals surface area contributed by atoms with E-state index in [2.05, 4.69) is 10.6 Å². The number of ether oxygens (including phenoxy) is 1. The fourth-order valence-electron chi connectivity index (χ4n) is 2.12. The summed E-state index contributed by atoms with van der Waals surface area (Å²) in [4.78, 5) is 35.3. The highest BCUT2D eigenvalue weighted by Gasteiger charge is 2.10. The average molecular weight is 375 g/mol. The number of aryl methyl sites for hydroxylation is 1. The predicted octanol–water partition coefficient (Wildman–Crippen LogP) is 2.95. The Morgan fingerprint density at radius 3 is 2.50 bits per heavy atom. The first-order valence-electron chi connectivity index (χ1n) is 8.00. The Hall–Kier alpha value is -2.86. The summed E-state index contributed by atoms with van der Waals surface area (Å²) in [5, 5.41) is 5.78. The topological polar surface area (TPSA) is 84.5 Å². The lowest BCUT2D eigenvalue weighted by atomic mass is 10.2. The van der Waals surface area contributed by atoms with Crippen molar-refractivity contribution in [3.05, 3.63) is 64.7 Å². The Labute approximate surface area is 156 Å². The van der Waals surface area contributed by atoms with Crippen LogP contribution in [0.25, 0.3) is 0 Å². The molecule has 2 aromatic carbocycles. The summed E-state index contributed by atoms with van der Waals surface area (Å²) < 4.78 is 4.89. The number of anilines is 1. The number of amides is 2. The molecule has 0 radical (unpaired) electrons. The largest absolute Gasteiger partial charge is 0.456 e. The van der Waals surface area contributed by atoms with Crippen molar-refractivity contribution in [3.63, 3.8) is 0 Å². The van der Waals surface area contributed by atoms with Gasteiger partial charge in [-0.15, -0.1) is 0 Å². The van der Waals surface area contributed by atoms with Gasteiger partial charge in [0, 0.05) is 22.8 Å². The molecule has 26 heavy (non-hydrogen) atoms. The first-order chi connectivity index (χ1) is 12.4. The number of carbonyl (C=O) groups is 3. The van der Waals surface area contributed by atoms with E-state index in [0.29, 0.717) is 16.3 Å². The summed E-state index contributed by atoms with van der Waals surface area (Å²) in [5.41, 5.74) is 2.10. The van der Waals surface area contributed by atoms with Crippen molar-refractivity contribution in [1.29, 1.82) is 0 Å². The van der Waals surface area contributed by atoms with E-state index in [1.165, 1.54) is 0 Å². The highest BCUT2D eigenvalue weighted by Crippen LogP contribution is 2.10. The summed E-state index contributed by atoms with van der Waals surface area (Å²) in [6, 6.07) is 13.7. The Morgan fingerprint density at radius 2 is 1.81 bits per heavy atom. The van der Waals surface area contributed by atoms with E-state index < -0.39 is 11.9 Å². The normalized spacial score (nSPS) is 10.1. The van der Waals surface area contributed by atoms with Crippen molar-refractivity contribution < 1.29 is 19.1 Å². The summed E-state index contributed by atoms with van der Waals surface area (Å²) >= 11 is 5.76. The van der Waals surface area contributed by atoms with Crippen molar-refractivity contribution >= 4 is 35.1 Å². The third-order valence-electron chi connectivity index (χ3n) is 3.39. The molecule has 0 saturated carbocycles. The van der Waals surface area contributed by atoms with E-state index in [1.54, 1.807) is 30.3 Å². The van der Waals surface area contributed by atoms with Gasteiger partial charge in [0.2, 0.25) is 0 Å². The standard InChI is InChI=1S/C19H19ClN2O4/c1-13-3-2-4-16(11-13)22-17(23)12-26-18(24)9-10-21-19(25)14-5-7-15(20)8-6-14/h2-8,11H,9-10,12H2,1H3,(H,21,25)(H,22,23). The van der Waals surface area contributed by atoms with Crippen LogP contribution < -0.4 is 10.6 Å². The highest BCUT2D eigenvalue weighted by molar-refractivity contribution is 6.30. The van der Waals surface area contributed by atoms with Crippen LogP contribution in [0, 0.1) is 6.92 Å². The SMILES string of the molecule is Cc1cccc(NC(=O)COC(=O)CCNC(=O)c2ccc(Cl)cc2)c1. The molecule has 2 aromatic rings. The molecule has 0 aliphatic carbocycles. The molecule has 0 spiro atoms. The number of benzene rings is 2. The van der Waals surface area contributed by atoms with Gasteiger partial charge in [-0.3, -0.25) is 14.4 Å². The summed E-state index contributed by atoms with van der Waals surface area (Å²) in [5.74, 6) is -1.30. The Kier molecular flexibility index (Phi) is 7.17. The number of carbonyl (C=O) groups excluding carboxylic acids is 3. The smallest absolute Gasteiger partial charge is 0.308 e. The monoisotopic (exact) mass is 374 g/mol. The van der Waals surface area contributed by atoms with Gasteiger partial charge in [-0.05, 0) is 48.9 Å². The number of rotatable bonds is 7. The summed E-state index contributed by atoms with van der Waals surface area (Å²) in [7, 11) is 0. The van der Waals surface area contributed by atoms with Crippen molar-refractivity contribution in [2.24, 2.45) is 0 Å². The molecule has 0 fully saturated rings.